The number of amides is 1. The maximum Gasteiger partial charge on any atom is 0.320 e. The highest BCUT2D eigenvalue weighted by atomic mass is 35.5. The van der Waals surface area contributed by atoms with Gasteiger partial charge in [-0.05, 0) is 18.6 Å². The van der Waals surface area contributed by atoms with Crippen LogP contribution in [-0.2, 0) is 13.1 Å². The van der Waals surface area contributed by atoms with Crippen LogP contribution in [0.5, 0.6) is 0 Å². The van der Waals surface area contributed by atoms with Crippen molar-refractivity contribution < 1.29 is 9.72 Å². The first kappa shape index (κ1) is 17.6. The van der Waals surface area contributed by atoms with Crippen molar-refractivity contribution >= 4 is 28.9 Å². The van der Waals surface area contributed by atoms with E-state index in [-0.39, 0.29) is 11.4 Å². The lowest BCUT2D eigenvalue weighted by Crippen LogP contribution is -2.14. The summed E-state index contributed by atoms with van der Waals surface area (Å²) in [5.74, 6) is -0.666. The fourth-order valence-corrected chi connectivity index (χ4v) is 2.57. The maximum atomic E-state index is 12.3. The van der Waals surface area contributed by atoms with Gasteiger partial charge in [-0.25, -0.2) is 0 Å². The monoisotopic (exact) mass is 374 g/mol. The second-order valence-electron chi connectivity index (χ2n) is 5.45. The second-order valence-corrected chi connectivity index (χ2v) is 5.86. The van der Waals surface area contributed by atoms with E-state index in [0.29, 0.717) is 23.8 Å². The number of carbonyl (C=O) groups is 1. The van der Waals surface area contributed by atoms with E-state index < -0.39 is 10.8 Å². The van der Waals surface area contributed by atoms with Crippen LogP contribution in [0.2, 0.25) is 5.02 Å². The minimum absolute atomic E-state index is 0.240. The molecular formula is C16H15ClN6O3. The van der Waals surface area contributed by atoms with Crippen molar-refractivity contribution in [2.24, 2.45) is 0 Å². The van der Waals surface area contributed by atoms with E-state index >= 15 is 0 Å². The maximum absolute atomic E-state index is 12.3. The van der Waals surface area contributed by atoms with Crippen molar-refractivity contribution in [3.63, 3.8) is 0 Å². The molecule has 0 radical (unpaired) electrons. The van der Waals surface area contributed by atoms with Crippen molar-refractivity contribution in [2.75, 3.05) is 5.32 Å². The summed E-state index contributed by atoms with van der Waals surface area (Å²) in [7, 11) is 0. The Morgan fingerprint density at radius 3 is 2.77 bits per heavy atom. The van der Waals surface area contributed by atoms with E-state index in [1.54, 1.807) is 23.9 Å². The lowest BCUT2D eigenvalue weighted by atomic mass is 10.2. The van der Waals surface area contributed by atoms with Gasteiger partial charge in [-0.15, -0.1) is 0 Å². The number of carbonyl (C=O) groups excluding carboxylic acids is 1. The number of rotatable bonds is 6. The van der Waals surface area contributed by atoms with Crippen LogP contribution in [0.4, 0.5) is 11.4 Å². The van der Waals surface area contributed by atoms with Gasteiger partial charge in [-0.3, -0.25) is 24.3 Å². The molecule has 1 amide bonds. The van der Waals surface area contributed by atoms with E-state index in [1.807, 2.05) is 18.2 Å². The van der Waals surface area contributed by atoms with Gasteiger partial charge in [0.25, 0.3) is 5.91 Å². The Morgan fingerprint density at radius 2 is 2.08 bits per heavy atom. The molecule has 3 aromatic rings. The normalized spacial score (nSPS) is 10.7. The molecule has 1 N–H and O–H groups in total. The third-order valence-corrected chi connectivity index (χ3v) is 4.03. The van der Waals surface area contributed by atoms with E-state index in [0.717, 1.165) is 5.56 Å². The number of aryl methyl sites for hydroxylation is 1. The molecule has 0 aliphatic rings. The topological polar surface area (TPSA) is 108 Å². The zero-order valence-corrected chi connectivity index (χ0v) is 14.6. The SMILES string of the molecule is CCn1cc([N+](=O)[O-])c(C(=O)Nc2cnn(Cc3ccccc3Cl)c2)n1. The van der Waals surface area contributed by atoms with Crippen LogP contribution in [0.3, 0.4) is 0 Å². The lowest BCUT2D eigenvalue weighted by Gasteiger charge is -2.04. The van der Waals surface area contributed by atoms with E-state index in [1.165, 1.54) is 17.1 Å². The molecule has 0 aliphatic heterocycles. The number of nitrogens with zero attached hydrogens (tertiary/aromatic N) is 5. The summed E-state index contributed by atoms with van der Waals surface area (Å²) in [5.41, 5.74) is 0.707. The van der Waals surface area contributed by atoms with Crippen LogP contribution >= 0.6 is 11.6 Å². The largest absolute Gasteiger partial charge is 0.320 e. The summed E-state index contributed by atoms with van der Waals surface area (Å²) in [6, 6.07) is 7.37. The van der Waals surface area contributed by atoms with Crippen LogP contribution in [0.1, 0.15) is 23.0 Å². The third-order valence-electron chi connectivity index (χ3n) is 3.66. The first-order valence-corrected chi connectivity index (χ1v) is 8.14. The first-order valence-electron chi connectivity index (χ1n) is 7.77. The molecule has 2 aromatic heterocycles. The minimum atomic E-state index is -0.666. The van der Waals surface area contributed by atoms with Crippen molar-refractivity contribution in [3.05, 3.63) is 69.3 Å². The number of nitro groups is 1. The van der Waals surface area contributed by atoms with E-state index in [9.17, 15) is 14.9 Å². The number of halogens is 1. The Balaban J connectivity index is 1.75. The van der Waals surface area contributed by atoms with Gasteiger partial charge in [0.1, 0.15) is 6.20 Å². The fourth-order valence-electron chi connectivity index (χ4n) is 2.37. The molecule has 26 heavy (non-hydrogen) atoms. The Morgan fingerprint density at radius 1 is 1.31 bits per heavy atom. The average Bonchev–Trinajstić information content (AvgIpc) is 3.23. The number of hydrogen-bond donors (Lipinski definition) is 1. The van der Waals surface area contributed by atoms with Crippen LogP contribution < -0.4 is 5.32 Å². The summed E-state index contributed by atoms with van der Waals surface area (Å²) in [6.45, 7) is 2.63. The predicted octanol–water partition coefficient (Wildman–Crippen LogP) is 2.96. The van der Waals surface area contributed by atoms with Crippen LogP contribution in [0.15, 0.2) is 42.9 Å². The van der Waals surface area contributed by atoms with Gasteiger partial charge >= 0.3 is 5.69 Å². The molecule has 10 heteroatoms. The number of hydrogen-bond acceptors (Lipinski definition) is 5. The molecule has 9 nitrogen and oxygen atoms in total. The number of benzene rings is 1. The number of nitrogens with one attached hydrogen (secondary N) is 1. The molecule has 1 aromatic carbocycles. The van der Waals surface area contributed by atoms with Gasteiger partial charge in [-0.1, -0.05) is 29.8 Å². The molecule has 0 aliphatic carbocycles. The fraction of sp³-hybridized carbons (Fsp3) is 0.188. The Hall–Kier alpha value is -3.20. The second kappa shape index (κ2) is 7.36. The summed E-state index contributed by atoms with van der Waals surface area (Å²) in [4.78, 5) is 22.8. The van der Waals surface area contributed by atoms with E-state index in [4.69, 9.17) is 11.6 Å². The van der Waals surface area contributed by atoms with Crippen molar-refractivity contribution in [1.82, 2.24) is 19.6 Å². The molecule has 2 heterocycles. The molecule has 0 fully saturated rings. The van der Waals surface area contributed by atoms with Gasteiger partial charge in [0.15, 0.2) is 0 Å². The molecule has 0 saturated heterocycles. The molecule has 0 bridgehead atoms. The van der Waals surface area contributed by atoms with Crippen molar-refractivity contribution in [3.8, 4) is 0 Å². The van der Waals surface area contributed by atoms with Crippen LogP contribution in [-0.4, -0.2) is 30.4 Å². The third kappa shape index (κ3) is 3.72. The molecule has 0 saturated carbocycles. The smallest absolute Gasteiger partial charge is 0.318 e. The highest BCUT2D eigenvalue weighted by Gasteiger charge is 2.25. The molecule has 134 valence electrons. The van der Waals surface area contributed by atoms with Crippen molar-refractivity contribution in [1.29, 1.82) is 0 Å². The van der Waals surface area contributed by atoms with Gasteiger partial charge in [0.05, 0.1) is 23.4 Å². The van der Waals surface area contributed by atoms with E-state index in [2.05, 4.69) is 15.5 Å². The van der Waals surface area contributed by atoms with Crippen LogP contribution in [0, 0.1) is 10.1 Å². The zero-order valence-electron chi connectivity index (χ0n) is 13.8. The zero-order chi connectivity index (χ0) is 18.7. The van der Waals surface area contributed by atoms with Gasteiger partial charge in [0, 0.05) is 17.8 Å². The molecule has 0 atom stereocenters. The predicted molar refractivity (Wildman–Crippen MR) is 95.3 cm³/mol. The summed E-state index contributed by atoms with van der Waals surface area (Å²) < 4.78 is 2.95. The summed E-state index contributed by atoms with van der Waals surface area (Å²) in [6.07, 6.45) is 4.30. The summed E-state index contributed by atoms with van der Waals surface area (Å²) >= 11 is 6.12. The standard InChI is InChI=1S/C16H15ClN6O3/c1-2-21-10-14(23(25)26)15(20-21)16(24)19-12-7-18-22(9-12)8-11-5-3-4-6-13(11)17/h3-7,9-10H,2,8H2,1H3,(H,19,24). The molecule has 3 rings (SSSR count). The Kier molecular flexibility index (Phi) is 4.99. The molecule has 0 spiro atoms. The average molecular weight is 375 g/mol. The number of anilines is 1. The summed E-state index contributed by atoms with van der Waals surface area (Å²) in [5, 5.41) is 22.4. The highest BCUT2D eigenvalue weighted by Crippen LogP contribution is 2.19. The van der Waals surface area contributed by atoms with Crippen molar-refractivity contribution in [2.45, 2.75) is 20.0 Å². The van der Waals surface area contributed by atoms with Gasteiger partial charge in [-0.2, -0.15) is 10.2 Å². The first-order chi connectivity index (χ1) is 12.5. The quantitative estimate of drug-likeness (QED) is 0.527. The Bertz CT molecular complexity index is 965. The minimum Gasteiger partial charge on any atom is -0.318 e. The highest BCUT2D eigenvalue weighted by molar-refractivity contribution is 6.31. The lowest BCUT2D eigenvalue weighted by molar-refractivity contribution is -0.385. The van der Waals surface area contributed by atoms with Crippen LogP contribution in [0.25, 0.3) is 0 Å². The number of aromatic nitrogens is 4. The molecule has 0 unspecified atom stereocenters. The van der Waals surface area contributed by atoms with Gasteiger partial charge in [0.2, 0.25) is 5.69 Å². The van der Waals surface area contributed by atoms with Gasteiger partial charge < -0.3 is 5.32 Å². The molecular weight excluding hydrogens is 360 g/mol. The Labute approximate surface area is 153 Å².